The van der Waals surface area contributed by atoms with Gasteiger partial charge in [0.1, 0.15) is 11.2 Å². The molecule has 0 fully saturated rings. The van der Waals surface area contributed by atoms with Crippen LogP contribution in [0.3, 0.4) is 0 Å². The van der Waals surface area contributed by atoms with Crippen LogP contribution in [0.25, 0.3) is 0 Å². The third kappa shape index (κ3) is 16.2. The van der Waals surface area contributed by atoms with Crippen molar-refractivity contribution >= 4 is 18.3 Å². The second-order valence-corrected chi connectivity index (χ2v) is 9.37. The number of carboxylic acid groups (broad SMARTS) is 1. The van der Waals surface area contributed by atoms with Crippen molar-refractivity contribution < 1.29 is 29.0 Å². The second kappa shape index (κ2) is 14.0. The summed E-state index contributed by atoms with van der Waals surface area (Å²) in [6, 6.07) is 0. The van der Waals surface area contributed by atoms with E-state index in [9.17, 15) is 19.5 Å². The Labute approximate surface area is 186 Å². The maximum atomic E-state index is 12.5. The highest BCUT2D eigenvalue weighted by Crippen LogP contribution is 2.11. The minimum atomic E-state index is -0.967. The summed E-state index contributed by atoms with van der Waals surface area (Å²) >= 11 is 0. The molecule has 31 heavy (non-hydrogen) atoms. The Hall–Kier alpha value is -2.23. The molecule has 0 aliphatic carbocycles. The summed E-state index contributed by atoms with van der Waals surface area (Å²) in [6.07, 6.45) is 0.505. The molecule has 0 unspecified atom stereocenters. The summed E-state index contributed by atoms with van der Waals surface area (Å²) in [6.45, 7) is 13.2. The minimum Gasteiger partial charge on any atom is -0.465 e. The first-order valence-corrected chi connectivity index (χ1v) is 10.9. The van der Waals surface area contributed by atoms with Crippen LogP contribution in [0.1, 0.15) is 67.2 Å². The summed E-state index contributed by atoms with van der Waals surface area (Å²) in [5, 5.41) is 11.9. The summed E-state index contributed by atoms with van der Waals surface area (Å²) in [7, 11) is 0. The van der Waals surface area contributed by atoms with Crippen molar-refractivity contribution in [3.8, 4) is 0 Å². The number of ether oxygens (including phenoxy) is 2. The number of hydrogen-bond donors (Lipinski definition) is 3. The van der Waals surface area contributed by atoms with Gasteiger partial charge in [-0.1, -0.05) is 0 Å². The number of unbranched alkanes of at least 4 members (excludes halogenated alkanes) is 1. The Bertz CT molecular complexity index is 557. The molecule has 0 aliphatic rings. The third-order valence-corrected chi connectivity index (χ3v) is 3.93. The van der Waals surface area contributed by atoms with E-state index < -0.39 is 29.5 Å². The molecule has 0 bridgehead atoms. The maximum Gasteiger partial charge on any atom is 0.410 e. The lowest BCUT2D eigenvalue weighted by Crippen LogP contribution is -2.40. The molecule has 0 saturated heterocycles. The molecule has 0 spiro atoms. The molecule has 182 valence electrons. The van der Waals surface area contributed by atoms with E-state index in [1.54, 1.807) is 46.4 Å². The lowest BCUT2D eigenvalue weighted by Gasteiger charge is -2.28. The molecule has 0 atom stereocenters. The van der Waals surface area contributed by atoms with E-state index in [2.05, 4.69) is 5.32 Å². The van der Waals surface area contributed by atoms with Crippen molar-refractivity contribution in [1.29, 1.82) is 0 Å². The molecule has 0 aromatic rings. The molecule has 0 radical (unpaired) electrons. The lowest BCUT2D eigenvalue weighted by molar-refractivity contribution is 0.0243. The molecule has 0 saturated carbocycles. The van der Waals surface area contributed by atoms with Crippen LogP contribution < -0.4 is 11.1 Å². The Morgan fingerprint density at radius 2 is 1.29 bits per heavy atom. The molecule has 10 heteroatoms. The van der Waals surface area contributed by atoms with Crippen LogP contribution in [0.5, 0.6) is 0 Å². The van der Waals surface area contributed by atoms with Gasteiger partial charge in [0.05, 0.1) is 0 Å². The van der Waals surface area contributed by atoms with Crippen molar-refractivity contribution in [2.75, 3.05) is 39.3 Å². The van der Waals surface area contributed by atoms with Crippen LogP contribution in [-0.2, 0) is 9.47 Å². The zero-order chi connectivity index (χ0) is 24.1. The number of nitrogens with one attached hydrogen (secondary N) is 1. The number of carbonyl (C=O) groups is 3. The van der Waals surface area contributed by atoms with Crippen molar-refractivity contribution in [3.63, 3.8) is 0 Å². The predicted octanol–water partition coefficient (Wildman–Crippen LogP) is 3.25. The van der Waals surface area contributed by atoms with E-state index in [-0.39, 0.29) is 0 Å². The number of carbonyl (C=O) groups excluding carboxylic acids is 2. The standard InChI is InChI=1S/C21H42N4O6/c1-20(2,3)30-17(26)23-12-10-16-25(19(29)31-21(4,5)6)14-8-7-13-24(18(27)28)15-9-11-22/h7-16,22H2,1-6H3,(H,23,26)(H,27,28). The van der Waals surface area contributed by atoms with Gasteiger partial charge >= 0.3 is 18.3 Å². The summed E-state index contributed by atoms with van der Waals surface area (Å²) < 4.78 is 10.7. The quantitative estimate of drug-likeness (QED) is 0.392. The van der Waals surface area contributed by atoms with E-state index in [1.165, 1.54) is 4.90 Å². The Morgan fingerprint density at radius 3 is 1.77 bits per heavy atom. The Balaban J connectivity index is 4.59. The van der Waals surface area contributed by atoms with Gasteiger partial charge < -0.3 is 35.4 Å². The fourth-order valence-electron chi connectivity index (χ4n) is 2.59. The van der Waals surface area contributed by atoms with Gasteiger partial charge in [0, 0.05) is 32.7 Å². The SMILES string of the molecule is CC(C)(C)OC(=O)NCCCN(CCCCN(CCCN)C(=O)O)C(=O)OC(C)(C)C. The van der Waals surface area contributed by atoms with Crippen LogP contribution in [0, 0.1) is 0 Å². The van der Waals surface area contributed by atoms with E-state index in [0.717, 1.165) is 0 Å². The van der Waals surface area contributed by atoms with Gasteiger partial charge in [-0.3, -0.25) is 0 Å². The van der Waals surface area contributed by atoms with E-state index >= 15 is 0 Å². The molecule has 0 aromatic carbocycles. The average Bonchev–Trinajstić information content (AvgIpc) is 2.59. The first-order chi connectivity index (χ1) is 14.2. The van der Waals surface area contributed by atoms with E-state index in [1.807, 2.05) is 0 Å². The molecule has 0 rings (SSSR count). The second-order valence-electron chi connectivity index (χ2n) is 9.37. The van der Waals surface area contributed by atoms with Crippen LogP contribution >= 0.6 is 0 Å². The highest BCUT2D eigenvalue weighted by Gasteiger charge is 2.22. The molecule has 10 nitrogen and oxygen atoms in total. The van der Waals surface area contributed by atoms with Gasteiger partial charge in [0.25, 0.3) is 0 Å². The Morgan fingerprint density at radius 1 is 0.806 bits per heavy atom. The van der Waals surface area contributed by atoms with Crippen molar-refractivity contribution in [1.82, 2.24) is 15.1 Å². The maximum absolute atomic E-state index is 12.5. The van der Waals surface area contributed by atoms with Crippen molar-refractivity contribution in [2.45, 2.75) is 78.4 Å². The number of nitrogens with two attached hydrogens (primary N) is 1. The highest BCUT2D eigenvalue weighted by molar-refractivity contribution is 5.68. The van der Waals surface area contributed by atoms with Gasteiger partial charge in [0.15, 0.2) is 0 Å². The molecule has 0 aliphatic heterocycles. The van der Waals surface area contributed by atoms with Gasteiger partial charge in [-0.25, -0.2) is 14.4 Å². The molecule has 0 heterocycles. The first-order valence-electron chi connectivity index (χ1n) is 10.9. The van der Waals surface area contributed by atoms with Gasteiger partial charge in [0.2, 0.25) is 0 Å². The van der Waals surface area contributed by atoms with E-state index in [4.69, 9.17) is 15.2 Å². The fourth-order valence-corrected chi connectivity index (χ4v) is 2.59. The average molecular weight is 447 g/mol. The Kier molecular flexibility index (Phi) is 12.9. The number of rotatable bonds is 12. The number of amides is 3. The summed E-state index contributed by atoms with van der Waals surface area (Å²) in [5.41, 5.74) is 4.26. The molecular weight excluding hydrogens is 404 g/mol. The van der Waals surface area contributed by atoms with Crippen LogP contribution in [0.2, 0.25) is 0 Å². The van der Waals surface area contributed by atoms with Crippen LogP contribution in [0.15, 0.2) is 0 Å². The van der Waals surface area contributed by atoms with Gasteiger partial charge in [-0.05, 0) is 73.8 Å². The molecule has 0 aromatic heterocycles. The number of nitrogens with zero attached hydrogens (tertiary/aromatic N) is 2. The molecule has 3 amide bonds. The molecular formula is C21H42N4O6. The zero-order valence-corrected chi connectivity index (χ0v) is 20.0. The monoisotopic (exact) mass is 446 g/mol. The summed E-state index contributed by atoms with van der Waals surface area (Å²) in [4.78, 5) is 38.5. The third-order valence-electron chi connectivity index (χ3n) is 3.93. The van der Waals surface area contributed by atoms with Crippen LogP contribution in [0.4, 0.5) is 14.4 Å². The zero-order valence-electron chi connectivity index (χ0n) is 20.0. The first kappa shape index (κ1) is 28.8. The largest absolute Gasteiger partial charge is 0.465 e. The lowest BCUT2D eigenvalue weighted by atomic mass is 10.2. The molecule has 4 N–H and O–H groups in total. The predicted molar refractivity (Wildman–Crippen MR) is 119 cm³/mol. The number of alkyl carbamates (subject to hydrolysis) is 1. The normalized spacial score (nSPS) is 11.6. The summed E-state index contributed by atoms with van der Waals surface area (Å²) in [5.74, 6) is 0. The fraction of sp³-hybridized carbons (Fsp3) is 0.857. The van der Waals surface area contributed by atoms with Crippen LogP contribution in [-0.4, -0.2) is 83.7 Å². The minimum absolute atomic E-state index is 0.361. The van der Waals surface area contributed by atoms with Gasteiger partial charge in [-0.15, -0.1) is 0 Å². The number of hydrogen-bond acceptors (Lipinski definition) is 6. The smallest absolute Gasteiger partial charge is 0.410 e. The topological polar surface area (TPSA) is 134 Å². The highest BCUT2D eigenvalue weighted by atomic mass is 16.6. The van der Waals surface area contributed by atoms with Gasteiger partial charge in [-0.2, -0.15) is 0 Å². The van der Waals surface area contributed by atoms with E-state index in [0.29, 0.717) is 65.0 Å². The van der Waals surface area contributed by atoms with Crippen molar-refractivity contribution in [3.05, 3.63) is 0 Å². The van der Waals surface area contributed by atoms with Crippen molar-refractivity contribution in [2.24, 2.45) is 5.73 Å².